The van der Waals surface area contributed by atoms with Crippen LogP contribution in [-0.4, -0.2) is 75.0 Å². The summed E-state index contributed by atoms with van der Waals surface area (Å²) < 4.78 is 27.2. The van der Waals surface area contributed by atoms with Crippen molar-refractivity contribution >= 4 is 66.5 Å². The summed E-state index contributed by atoms with van der Waals surface area (Å²) in [4.78, 5) is 16.3. The summed E-state index contributed by atoms with van der Waals surface area (Å²) in [6.45, 7) is 6.19. The van der Waals surface area contributed by atoms with Crippen molar-refractivity contribution in [3.63, 3.8) is 0 Å². The summed E-state index contributed by atoms with van der Waals surface area (Å²) in [6.07, 6.45) is 2.03. The molecule has 0 saturated carbocycles. The lowest BCUT2D eigenvalue weighted by Crippen LogP contribution is -2.50. The van der Waals surface area contributed by atoms with Crippen molar-refractivity contribution in [1.29, 1.82) is 0 Å². The van der Waals surface area contributed by atoms with Crippen molar-refractivity contribution in [2.75, 3.05) is 41.1 Å². The van der Waals surface area contributed by atoms with Gasteiger partial charge in [-0.3, -0.25) is 4.72 Å². The molecule has 0 spiro atoms. The molecule has 1 aliphatic rings. The first kappa shape index (κ1) is 25.8. The van der Waals surface area contributed by atoms with E-state index in [1.807, 2.05) is 6.92 Å². The molecule has 4 aromatic rings. The summed E-state index contributed by atoms with van der Waals surface area (Å²) in [5, 5.41) is 24.8. The van der Waals surface area contributed by atoms with Crippen molar-refractivity contribution in [1.82, 2.24) is 19.9 Å². The number of thiocarbonyl (C=S) groups is 1. The lowest BCUT2D eigenvalue weighted by atomic mass is 10.1. The van der Waals surface area contributed by atoms with E-state index >= 15 is 0 Å². The molecule has 38 heavy (non-hydrogen) atoms. The standard InChI is InChI=1S/C25H29N7O4S2/c1-3-15(2)38(35,36)30-17-6-4-16(5-7-17)28-25(37)32-10-8-31(9-11-32)24-22-18-12-20(33)21(34)13-19(18)29-23(22)26-14-27-24/h4-7,12-15,30,33-34H,3,8-11H2,1-2H3,(H,28,37)(H,26,27,29). The van der Waals surface area contributed by atoms with Crippen molar-refractivity contribution in [2.45, 2.75) is 25.5 Å². The molecule has 1 unspecified atom stereocenters. The zero-order chi connectivity index (χ0) is 27.0. The van der Waals surface area contributed by atoms with Crippen LogP contribution in [0.4, 0.5) is 17.2 Å². The second-order valence-electron chi connectivity index (χ2n) is 9.28. The number of rotatable bonds is 6. The number of piperazine rings is 1. The molecule has 1 aliphatic heterocycles. The molecule has 1 atom stereocenters. The average molecular weight is 556 g/mol. The van der Waals surface area contributed by atoms with Crippen LogP contribution in [0.3, 0.4) is 0 Å². The number of hydrogen-bond acceptors (Lipinski definition) is 8. The van der Waals surface area contributed by atoms with Gasteiger partial charge in [0, 0.05) is 49.0 Å². The number of nitrogens with zero attached hydrogens (tertiary/aromatic N) is 4. The second-order valence-corrected chi connectivity index (χ2v) is 11.8. The normalized spacial score (nSPS) is 15.1. The fraction of sp³-hybridized carbons (Fsp3) is 0.320. The molecule has 2 aromatic heterocycles. The van der Waals surface area contributed by atoms with E-state index in [2.05, 4.69) is 34.8 Å². The van der Waals surface area contributed by atoms with Gasteiger partial charge in [-0.25, -0.2) is 18.4 Å². The highest BCUT2D eigenvalue weighted by molar-refractivity contribution is 7.93. The van der Waals surface area contributed by atoms with Gasteiger partial charge in [0.2, 0.25) is 10.0 Å². The largest absolute Gasteiger partial charge is 0.504 e. The zero-order valence-electron chi connectivity index (χ0n) is 21.0. The van der Waals surface area contributed by atoms with Gasteiger partial charge >= 0.3 is 0 Å². The summed E-state index contributed by atoms with van der Waals surface area (Å²) in [5.74, 6) is 0.353. The molecule has 0 amide bonds. The van der Waals surface area contributed by atoms with Gasteiger partial charge in [-0.1, -0.05) is 6.92 Å². The molecule has 3 heterocycles. The number of benzene rings is 2. The van der Waals surface area contributed by atoms with E-state index in [1.165, 1.54) is 18.5 Å². The molecule has 0 bridgehead atoms. The first-order valence-corrected chi connectivity index (χ1v) is 14.2. The van der Waals surface area contributed by atoms with Crippen LogP contribution in [0.25, 0.3) is 21.9 Å². The van der Waals surface area contributed by atoms with Gasteiger partial charge in [0.25, 0.3) is 0 Å². The van der Waals surface area contributed by atoms with Crippen LogP contribution in [0, 0.1) is 0 Å². The molecule has 2 aromatic carbocycles. The molecule has 1 fully saturated rings. The van der Waals surface area contributed by atoms with Gasteiger partial charge in [-0.15, -0.1) is 0 Å². The van der Waals surface area contributed by atoms with Crippen LogP contribution in [0.5, 0.6) is 11.5 Å². The number of nitrogens with one attached hydrogen (secondary N) is 3. The Morgan fingerprint density at radius 2 is 1.74 bits per heavy atom. The summed E-state index contributed by atoms with van der Waals surface area (Å²) in [7, 11) is -3.41. The number of phenols is 2. The van der Waals surface area contributed by atoms with Gasteiger partial charge in [0.1, 0.15) is 17.8 Å². The third-order valence-corrected chi connectivity index (χ3v) is 9.10. The quantitative estimate of drug-likeness (QED) is 0.177. The van der Waals surface area contributed by atoms with Gasteiger partial charge in [0.05, 0.1) is 16.2 Å². The number of fused-ring (bicyclic) bond motifs is 3. The van der Waals surface area contributed by atoms with Crippen molar-refractivity contribution in [3.05, 3.63) is 42.7 Å². The number of aromatic amines is 1. The van der Waals surface area contributed by atoms with Gasteiger partial charge in [-0.2, -0.15) is 0 Å². The third kappa shape index (κ3) is 4.98. The summed E-state index contributed by atoms with van der Waals surface area (Å²) in [5.41, 5.74) is 2.57. The molecule has 5 N–H and O–H groups in total. The lowest BCUT2D eigenvalue weighted by Gasteiger charge is -2.37. The highest BCUT2D eigenvalue weighted by Crippen LogP contribution is 2.37. The van der Waals surface area contributed by atoms with Crippen molar-refractivity contribution in [3.8, 4) is 11.5 Å². The predicted octanol–water partition coefficient (Wildman–Crippen LogP) is 3.58. The smallest absolute Gasteiger partial charge is 0.235 e. The lowest BCUT2D eigenvalue weighted by molar-refractivity contribution is 0.390. The van der Waals surface area contributed by atoms with E-state index in [0.717, 1.165) is 22.3 Å². The van der Waals surface area contributed by atoms with Crippen LogP contribution in [0.15, 0.2) is 42.7 Å². The molecule has 13 heteroatoms. The number of hydrogen-bond donors (Lipinski definition) is 5. The SMILES string of the molecule is CCC(C)S(=O)(=O)Nc1ccc(NC(=S)N2CCN(c3ncnc4[nH]c5cc(O)c(O)cc5c34)CC2)cc1. The van der Waals surface area contributed by atoms with Crippen molar-refractivity contribution < 1.29 is 18.6 Å². The summed E-state index contributed by atoms with van der Waals surface area (Å²) in [6, 6.07) is 10.00. The molecule has 200 valence electrons. The van der Waals surface area contributed by atoms with Crippen LogP contribution in [-0.2, 0) is 10.0 Å². The monoisotopic (exact) mass is 555 g/mol. The Bertz CT molecular complexity index is 1600. The number of aromatic nitrogens is 3. The number of sulfonamides is 1. The molecule has 1 saturated heterocycles. The molecule has 11 nitrogen and oxygen atoms in total. The Balaban J connectivity index is 1.24. The third-order valence-electron chi connectivity index (χ3n) is 6.83. The minimum atomic E-state index is -3.41. The van der Waals surface area contributed by atoms with E-state index in [4.69, 9.17) is 12.2 Å². The van der Waals surface area contributed by atoms with E-state index < -0.39 is 15.3 Å². The van der Waals surface area contributed by atoms with E-state index in [0.29, 0.717) is 54.6 Å². The maximum atomic E-state index is 12.3. The fourth-order valence-corrected chi connectivity index (χ4v) is 5.81. The highest BCUT2D eigenvalue weighted by Gasteiger charge is 2.24. The minimum absolute atomic E-state index is 0.199. The average Bonchev–Trinajstić information content (AvgIpc) is 3.26. The number of aromatic hydroxyl groups is 2. The van der Waals surface area contributed by atoms with Gasteiger partial charge in [-0.05, 0) is 55.9 Å². The molecule has 0 aliphatic carbocycles. The van der Waals surface area contributed by atoms with Gasteiger partial charge < -0.3 is 30.3 Å². The molecule has 0 radical (unpaired) electrons. The van der Waals surface area contributed by atoms with Crippen LogP contribution >= 0.6 is 12.2 Å². The molecule has 5 rings (SSSR count). The first-order valence-electron chi connectivity index (χ1n) is 12.3. The van der Waals surface area contributed by atoms with Crippen LogP contribution < -0.4 is 14.9 Å². The number of anilines is 3. The molecular weight excluding hydrogens is 526 g/mol. The first-order chi connectivity index (χ1) is 18.2. The van der Waals surface area contributed by atoms with Crippen LogP contribution in [0.2, 0.25) is 0 Å². The van der Waals surface area contributed by atoms with E-state index in [1.54, 1.807) is 31.2 Å². The fourth-order valence-electron chi connectivity index (χ4n) is 4.40. The Hall–Kier alpha value is -3.84. The predicted molar refractivity (Wildman–Crippen MR) is 153 cm³/mol. The number of H-pyrrole nitrogens is 1. The zero-order valence-corrected chi connectivity index (χ0v) is 22.6. The van der Waals surface area contributed by atoms with E-state index in [-0.39, 0.29) is 11.5 Å². The Morgan fingerprint density at radius 3 is 2.42 bits per heavy atom. The van der Waals surface area contributed by atoms with Crippen molar-refractivity contribution in [2.24, 2.45) is 0 Å². The Kier molecular flexibility index (Phi) is 6.88. The Labute approximate surface area is 225 Å². The second kappa shape index (κ2) is 10.1. The maximum Gasteiger partial charge on any atom is 0.235 e. The minimum Gasteiger partial charge on any atom is -0.504 e. The van der Waals surface area contributed by atoms with Crippen LogP contribution in [0.1, 0.15) is 20.3 Å². The molecular formula is C25H29N7O4S2. The van der Waals surface area contributed by atoms with E-state index in [9.17, 15) is 18.6 Å². The number of phenolic OH excluding ortho intramolecular Hbond substituents is 2. The summed E-state index contributed by atoms with van der Waals surface area (Å²) >= 11 is 5.64. The topological polar surface area (TPSA) is 147 Å². The highest BCUT2D eigenvalue weighted by atomic mass is 32.2. The Morgan fingerprint density at radius 1 is 1.08 bits per heavy atom. The maximum absolute atomic E-state index is 12.3. The van der Waals surface area contributed by atoms with Gasteiger partial charge in [0.15, 0.2) is 16.6 Å².